The van der Waals surface area contributed by atoms with E-state index in [0.717, 1.165) is 12.8 Å². The number of nitrogens with one attached hydrogen (secondary N) is 1. The second-order valence-corrected chi connectivity index (χ2v) is 3.52. The first-order valence-corrected chi connectivity index (χ1v) is 4.87. The summed E-state index contributed by atoms with van der Waals surface area (Å²) in [6.07, 6.45) is 3.34. The molecule has 14 heavy (non-hydrogen) atoms. The quantitative estimate of drug-likeness (QED) is 0.630. The Balaban J connectivity index is 1.94. The van der Waals surface area contributed by atoms with Gasteiger partial charge < -0.3 is 15.8 Å². The molecule has 0 atom stereocenters. The summed E-state index contributed by atoms with van der Waals surface area (Å²) in [7, 11) is 0. The number of carbonyl (C=O) groups is 2. The number of nitrogens with two attached hydrogens (primary N) is 1. The monoisotopic (exact) mass is 200 g/mol. The summed E-state index contributed by atoms with van der Waals surface area (Å²) in [4.78, 5) is 21.4. The van der Waals surface area contributed by atoms with Crippen molar-refractivity contribution >= 4 is 12.0 Å². The normalized spacial score (nSPS) is 15.7. The fourth-order valence-corrected chi connectivity index (χ4v) is 1.37. The molecule has 3 N–H and O–H groups in total. The van der Waals surface area contributed by atoms with Crippen LogP contribution in [-0.2, 0) is 9.53 Å². The van der Waals surface area contributed by atoms with Gasteiger partial charge in [0.05, 0.1) is 6.54 Å². The van der Waals surface area contributed by atoms with Crippen molar-refractivity contribution in [1.82, 2.24) is 5.32 Å². The van der Waals surface area contributed by atoms with Crippen molar-refractivity contribution in [3.05, 3.63) is 0 Å². The minimum Gasteiger partial charge on any atom is -0.448 e. The molecule has 0 unspecified atom stereocenters. The number of ether oxygens (including phenoxy) is 1. The average Bonchev–Trinajstić information content (AvgIpc) is 2.05. The van der Waals surface area contributed by atoms with Crippen molar-refractivity contribution in [2.24, 2.45) is 11.7 Å². The topological polar surface area (TPSA) is 81.4 Å². The first-order chi connectivity index (χ1) is 6.68. The van der Waals surface area contributed by atoms with Crippen LogP contribution in [0.25, 0.3) is 0 Å². The molecule has 5 nitrogen and oxygen atoms in total. The third-order valence-corrected chi connectivity index (χ3v) is 2.37. The standard InChI is InChI=1S/C9H16N2O3/c10-9(13)14-5-4-11-8(12)6-7-2-1-3-7/h7H,1-6H2,(H2,10,13)(H,11,12). The van der Waals surface area contributed by atoms with Crippen LogP contribution in [0.2, 0.25) is 0 Å². The fourth-order valence-electron chi connectivity index (χ4n) is 1.37. The predicted molar refractivity (Wildman–Crippen MR) is 50.5 cm³/mol. The number of carbonyl (C=O) groups excluding carboxylic acids is 2. The van der Waals surface area contributed by atoms with E-state index in [1.807, 2.05) is 0 Å². The van der Waals surface area contributed by atoms with Gasteiger partial charge >= 0.3 is 6.09 Å². The van der Waals surface area contributed by atoms with Crippen molar-refractivity contribution in [2.75, 3.05) is 13.2 Å². The average molecular weight is 200 g/mol. The summed E-state index contributed by atoms with van der Waals surface area (Å²) in [6, 6.07) is 0. The van der Waals surface area contributed by atoms with Crippen molar-refractivity contribution in [3.63, 3.8) is 0 Å². The Labute approximate surface area is 83.0 Å². The molecule has 0 saturated heterocycles. The van der Waals surface area contributed by atoms with Crippen LogP contribution in [0.4, 0.5) is 4.79 Å². The summed E-state index contributed by atoms with van der Waals surface area (Å²) in [6.45, 7) is 0.486. The molecule has 2 amide bonds. The van der Waals surface area contributed by atoms with E-state index in [1.165, 1.54) is 6.42 Å². The lowest BCUT2D eigenvalue weighted by Crippen LogP contribution is -2.31. The van der Waals surface area contributed by atoms with E-state index >= 15 is 0 Å². The SMILES string of the molecule is NC(=O)OCCNC(=O)CC1CCC1. The van der Waals surface area contributed by atoms with Crippen molar-refractivity contribution in [3.8, 4) is 0 Å². The van der Waals surface area contributed by atoms with E-state index in [1.54, 1.807) is 0 Å². The molecule has 1 aliphatic rings. The first-order valence-electron chi connectivity index (χ1n) is 4.87. The molecule has 1 aliphatic carbocycles. The van der Waals surface area contributed by atoms with E-state index in [9.17, 15) is 9.59 Å². The van der Waals surface area contributed by atoms with Gasteiger partial charge in [0, 0.05) is 6.42 Å². The lowest BCUT2D eigenvalue weighted by molar-refractivity contribution is -0.122. The predicted octanol–water partition coefficient (Wildman–Crippen LogP) is 0.388. The zero-order chi connectivity index (χ0) is 10.4. The van der Waals surface area contributed by atoms with Crippen LogP contribution in [0, 0.1) is 5.92 Å². The third-order valence-electron chi connectivity index (χ3n) is 2.37. The zero-order valence-corrected chi connectivity index (χ0v) is 8.12. The van der Waals surface area contributed by atoms with Crippen LogP contribution in [0.3, 0.4) is 0 Å². The van der Waals surface area contributed by atoms with Gasteiger partial charge in [-0.15, -0.1) is 0 Å². The van der Waals surface area contributed by atoms with Gasteiger partial charge in [0.2, 0.25) is 5.91 Å². The van der Waals surface area contributed by atoms with Crippen LogP contribution in [-0.4, -0.2) is 25.2 Å². The molecular formula is C9H16N2O3. The number of primary amides is 1. The Morgan fingerprint density at radius 3 is 2.64 bits per heavy atom. The summed E-state index contributed by atoms with van der Waals surface area (Å²) in [5.74, 6) is 0.592. The van der Waals surface area contributed by atoms with Gasteiger partial charge in [-0.3, -0.25) is 4.79 Å². The fraction of sp³-hybridized carbons (Fsp3) is 0.778. The molecule has 80 valence electrons. The van der Waals surface area contributed by atoms with Crippen LogP contribution in [0.5, 0.6) is 0 Å². The Morgan fingerprint density at radius 1 is 1.43 bits per heavy atom. The van der Waals surface area contributed by atoms with Crippen LogP contribution < -0.4 is 11.1 Å². The molecule has 0 aromatic heterocycles. The summed E-state index contributed by atoms with van der Waals surface area (Å²) in [5, 5.41) is 2.67. The van der Waals surface area contributed by atoms with Crippen LogP contribution in [0.15, 0.2) is 0 Å². The van der Waals surface area contributed by atoms with Gasteiger partial charge in [-0.2, -0.15) is 0 Å². The molecule has 1 saturated carbocycles. The van der Waals surface area contributed by atoms with Crippen molar-refractivity contribution in [2.45, 2.75) is 25.7 Å². The Morgan fingerprint density at radius 2 is 2.14 bits per heavy atom. The third kappa shape index (κ3) is 4.11. The highest BCUT2D eigenvalue weighted by atomic mass is 16.5. The van der Waals surface area contributed by atoms with Gasteiger partial charge in [-0.25, -0.2) is 4.79 Å². The van der Waals surface area contributed by atoms with Gasteiger partial charge in [0.25, 0.3) is 0 Å². The summed E-state index contributed by atoms with van der Waals surface area (Å²) >= 11 is 0. The lowest BCUT2D eigenvalue weighted by Gasteiger charge is -2.24. The molecule has 0 bridgehead atoms. The second kappa shape index (κ2) is 5.47. The molecule has 0 aliphatic heterocycles. The van der Waals surface area contributed by atoms with E-state index in [0.29, 0.717) is 18.9 Å². The van der Waals surface area contributed by atoms with Crippen LogP contribution >= 0.6 is 0 Å². The Bertz CT molecular complexity index is 214. The lowest BCUT2D eigenvalue weighted by atomic mass is 9.83. The number of hydrogen-bond acceptors (Lipinski definition) is 3. The molecule has 0 radical (unpaired) electrons. The molecule has 0 aromatic carbocycles. The molecular weight excluding hydrogens is 184 g/mol. The van der Waals surface area contributed by atoms with E-state index < -0.39 is 6.09 Å². The highest BCUT2D eigenvalue weighted by molar-refractivity contribution is 5.76. The molecule has 0 aromatic rings. The molecule has 5 heteroatoms. The number of rotatable bonds is 5. The summed E-state index contributed by atoms with van der Waals surface area (Å²) in [5.41, 5.74) is 4.75. The van der Waals surface area contributed by atoms with Gasteiger partial charge in [-0.05, 0) is 18.8 Å². The molecule has 1 rings (SSSR count). The van der Waals surface area contributed by atoms with E-state index in [-0.39, 0.29) is 12.5 Å². The minimum absolute atomic E-state index is 0.0303. The van der Waals surface area contributed by atoms with E-state index in [4.69, 9.17) is 5.73 Å². The van der Waals surface area contributed by atoms with Crippen molar-refractivity contribution in [1.29, 1.82) is 0 Å². The molecule has 0 heterocycles. The number of amides is 2. The largest absolute Gasteiger partial charge is 0.448 e. The zero-order valence-electron chi connectivity index (χ0n) is 8.12. The minimum atomic E-state index is -0.807. The van der Waals surface area contributed by atoms with Crippen molar-refractivity contribution < 1.29 is 14.3 Å². The van der Waals surface area contributed by atoms with E-state index in [2.05, 4.69) is 10.1 Å². The second-order valence-electron chi connectivity index (χ2n) is 3.52. The molecule has 0 spiro atoms. The number of hydrogen-bond donors (Lipinski definition) is 2. The Hall–Kier alpha value is -1.26. The maximum Gasteiger partial charge on any atom is 0.404 e. The smallest absolute Gasteiger partial charge is 0.404 e. The van der Waals surface area contributed by atoms with Gasteiger partial charge in [0.1, 0.15) is 6.61 Å². The highest BCUT2D eigenvalue weighted by Crippen LogP contribution is 2.28. The van der Waals surface area contributed by atoms with Gasteiger partial charge in [-0.1, -0.05) is 6.42 Å². The molecule has 1 fully saturated rings. The van der Waals surface area contributed by atoms with Crippen LogP contribution in [0.1, 0.15) is 25.7 Å². The maximum atomic E-state index is 11.2. The van der Waals surface area contributed by atoms with Gasteiger partial charge in [0.15, 0.2) is 0 Å². The summed E-state index contributed by atoms with van der Waals surface area (Å²) < 4.78 is 4.46. The maximum absolute atomic E-state index is 11.2. The first kappa shape index (κ1) is 10.8. The highest BCUT2D eigenvalue weighted by Gasteiger charge is 2.20. The Kier molecular flexibility index (Phi) is 4.22.